The van der Waals surface area contributed by atoms with Crippen LogP contribution in [0.2, 0.25) is 0 Å². The average molecular weight is 204 g/mol. The quantitative estimate of drug-likeness (QED) is 0.589. The van der Waals surface area contributed by atoms with Gasteiger partial charge in [-0.05, 0) is 31.4 Å². The second-order valence-corrected chi connectivity index (χ2v) is 3.75. The van der Waals surface area contributed by atoms with Crippen LogP contribution in [0.15, 0.2) is 23.3 Å². The van der Waals surface area contributed by atoms with E-state index < -0.39 is 11.7 Å². The molecular weight excluding hydrogens is 193 g/mol. The summed E-state index contributed by atoms with van der Waals surface area (Å²) < 4.78 is 42.5. The Balaban J connectivity index is 2.20. The molecule has 78 valence electrons. The van der Waals surface area contributed by atoms with Crippen LogP contribution in [0.4, 0.5) is 13.2 Å². The normalized spacial score (nSPS) is 32.3. The van der Waals surface area contributed by atoms with Gasteiger partial charge < -0.3 is 4.74 Å². The minimum absolute atomic E-state index is 0.0484. The highest BCUT2D eigenvalue weighted by Gasteiger charge is 2.37. The van der Waals surface area contributed by atoms with Crippen molar-refractivity contribution in [2.75, 3.05) is 0 Å². The fourth-order valence-electron chi connectivity index (χ4n) is 1.93. The lowest BCUT2D eigenvalue weighted by atomic mass is 9.95. The summed E-state index contributed by atoms with van der Waals surface area (Å²) in [6.07, 6.45) is -0.861. The van der Waals surface area contributed by atoms with E-state index >= 15 is 0 Å². The SMILES string of the molecule is CC1CC2=CC(C(F)(F)F)=CCC2O1. The van der Waals surface area contributed by atoms with Gasteiger partial charge in [-0.2, -0.15) is 13.2 Å². The zero-order valence-electron chi connectivity index (χ0n) is 7.77. The highest BCUT2D eigenvalue weighted by molar-refractivity contribution is 5.35. The minimum Gasteiger partial charge on any atom is -0.370 e. The van der Waals surface area contributed by atoms with E-state index in [1.807, 2.05) is 6.92 Å². The molecule has 2 unspecified atom stereocenters. The third-order valence-electron chi connectivity index (χ3n) is 2.55. The molecule has 0 radical (unpaired) electrons. The average Bonchev–Trinajstić information content (AvgIpc) is 2.41. The van der Waals surface area contributed by atoms with E-state index in [4.69, 9.17) is 4.74 Å². The molecular formula is C10H11F3O. The number of halogens is 3. The second-order valence-electron chi connectivity index (χ2n) is 3.75. The van der Waals surface area contributed by atoms with Crippen LogP contribution < -0.4 is 0 Å². The van der Waals surface area contributed by atoms with Crippen LogP contribution in [0.3, 0.4) is 0 Å². The molecule has 4 heteroatoms. The molecule has 0 saturated carbocycles. The predicted octanol–water partition coefficient (Wildman–Crippen LogP) is 2.98. The van der Waals surface area contributed by atoms with Crippen molar-refractivity contribution in [3.8, 4) is 0 Å². The van der Waals surface area contributed by atoms with Gasteiger partial charge in [0.2, 0.25) is 0 Å². The van der Waals surface area contributed by atoms with Crippen LogP contribution in [-0.4, -0.2) is 18.4 Å². The molecule has 1 saturated heterocycles. The Bertz CT molecular complexity index is 301. The van der Waals surface area contributed by atoms with Gasteiger partial charge >= 0.3 is 6.18 Å². The molecule has 1 heterocycles. The first-order valence-corrected chi connectivity index (χ1v) is 4.60. The van der Waals surface area contributed by atoms with Crippen molar-refractivity contribution in [1.29, 1.82) is 0 Å². The summed E-state index contributed by atoms with van der Waals surface area (Å²) in [5, 5.41) is 0. The van der Waals surface area contributed by atoms with Crippen LogP contribution in [0.1, 0.15) is 19.8 Å². The lowest BCUT2D eigenvalue weighted by Crippen LogP contribution is -2.17. The van der Waals surface area contributed by atoms with Crippen molar-refractivity contribution in [3.63, 3.8) is 0 Å². The number of fused-ring (bicyclic) bond motifs is 1. The van der Waals surface area contributed by atoms with Gasteiger partial charge in [0.15, 0.2) is 0 Å². The number of ether oxygens (including phenoxy) is 1. The summed E-state index contributed by atoms with van der Waals surface area (Å²) in [6.45, 7) is 1.88. The number of allylic oxidation sites excluding steroid dienone is 2. The Morgan fingerprint density at radius 1 is 1.43 bits per heavy atom. The fourth-order valence-corrected chi connectivity index (χ4v) is 1.93. The van der Waals surface area contributed by atoms with Gasteiger partial charge in [0.1, 0.15) is 0 Å². The molecule has 2 aliphatic rings. The number of rotatable bonds is 0. The van der Waals surface area contributed by atoms with E-state index in [1.54, 1.807) is 0 Å². The second kappa shape index (κ2) is 3.12. The van der Waals surface area contributed by atoms with E-state index in [-0.39, 0.29) is 12.2 Å². The van der Waals surface area contributed by atoms with Crippen LogP contribution >= 0.6 is 0 Å². The summed E-state index contributed by atoms with van der Waals surface area (Å²) in [5.41, 5.74) is 0.258. The molecule has 0 aromatic rings. The Morgan fingerprint density at radius 3 is 2.79 bits per heavy atom. The predicted molar refractivity (Wildman–Crippen MR) is 45.8 cm³/mol. The first-order valence-electron chi connectivity index (χ1n) is 4.60. The van der Waals surface area contributed by atoms with E-state index in [2.05, 4.69) is 0 Å². The van der Waals surface area contributed by atoms with Gasteiger partial charge in [0, 0.05) is 0 Å². The maximum absolute atomic E-state index is 12.3. The Hall–Kier alpha value is -0.770. The van der Waals surface area contributed by atoms with E-state index in [1.165, 1.54) is 12.2 Å². The van der Waals surface area contributed by atoms with Crippen LogP contribution in [0, 0.1) is 0 Å². The van der Waals surface area contributed by atoms with E-state index in [9.17, 15) is 13.2 Å². The third-order valence-corrected chi connectivity index (χ3v) is 2.55. The zero-order chi connectivity index (χ0) is 10.3. The monoisotopic (exact) mass is 204 g/mol. The van der Waals surface area contributed by atoms with E-state index in [0.29, 0.717) is 12.8 Å². The Kier molecular flexibility index (Phi) is 2.18. The minimum atomic E-state index is -4.22. The number of hydrogen-bond donors (Lipinski definition) is 0. The largest absolute Gasteiger partial charge is 0.416 e. The highest BCUT2D eigenvalue weighted by atomic mass is 19.4. The third kappa shape index (κ3) is 1.71. The summed E-state index contributed by atoms with van der Waals surface area (Å²) >= 11 is 0. The summed E-state index contributed by atoms with van der Waals surface area (Å²) in [7, 11) is 0. The molecule has 0 aromatic carbocycles. The maximum atomic E-state index is 12.3. The van der Waals surface area contributed by atoms with Gasteiger partial charge in [0.05, 0.1) is 17.8 Å². The molecule has 14 heavy (non-hydrogen) atoms. The summed E-state index contributed by atoms with van der Waals surface area (Å²) in [4.78, 5) is 0. The van der Waals surface area contributed by atoms with Crippen LogP contribution in [0.5, 0.6) is 0 Å². The summed E-state index contributed by atoms with van der Waals surface area (Å²) in [5.74, 6) is 0. The molecule has 0 amide bonds. The molecule has 0 N–H and O–H groups in total. The van der Waals surface area contributed by atoms with Gasteiger partial charge in [-0.25, -0.2) is 0 Å². The molecule has 2 rings (SSSR count). The van der Waals surface area contributed by atoms with Gasteiger partial charge in [0.25, 0.3) is 0 Å². The van der Waals surface area contributed by atoms with Crippen molar-refractivity contribution < 1.29 is 17.9 Å². The van der Waals surface area contributed by atoms with Crippen molar-refractivity contribution in [3.05, 3.63) is 23.3 Å². The number of alkyl halides is 3. The van der Waals surface area contributed by atoms with Crippen molar-refractivity contribution in [1.82, 2.24) is 0 Å². The standard InChI is InChI=1S/C10H11F3O/c1-6-4-7-5-8(10(11,12)13)2-3-9(7)14-6/h2,5-6,9H,3-4H2,1H3. The molecule has 1 nitrogen and oxygen atoms in total. The van der Waals surface area contributed by atoms with Crippen molar-refractivity contribution in [2.24, 2.45) is 0 Å². The lowest BCUT2D eigenvalue weighted by molar-refractivity contribution is -0.0890. The molecule has 0 aromatic heterocycles. The zero-order valence-corrected chi connectivity index (χ0v) is 7.77. The van der Waals surface area contributed by atoms with Crippen LogP contribution in [0.25, 0.3) is 0 Å². The molecule has 1 fully saturated rings. The molecule has 0 spiro atoms. The molecule has 2 atom stereocenters. The summed E-state index contributed by atoms with van der Waals surface area (Å²) in [6, 6.07) is 0. The fraction of sp³-hybridized carbons (Fsp3) is 0.600. The number of hydrogen-bond acceptors (Lipinski definition) is 1. The van der Waals surface area contributed by atoms with E-state index in [0.717, 1.165) is 5.57 Å². The smallest absolute Gasteiger partial charge is 0.370 e. The van der Waals surface area contributed by atoms with Crippen LogP contribution in [-0.2, 0) is 4.74 Å². The van der Waals surface area contributed by atoms with Gasteiger partial charge in [-0.1, -0.05) is 6.08 Å². The maximum Gasteiger partial charge on any atom is 0.416 e. The molecule has 0 bridgehead atoms. The lowest BCUT2D eigenvalue weighted by Gasteiger charge is -2.17. The Morgan fingerprint density at radius 2 is 2.14 bits per heavy atom. The highest BCUT2D eigenvalue weighted by Crippen LogP contribution is 2.37. The molecule has 1 aliphatic carbocycles. The van der Waals surface area contributed by atoms with Crippen molar-refractivity contribution in [2.45, 2.75) is 38.1 Å². The first kappa shape index (κ1) is 9.77. The topological polar surface area (TPSA) is 9.23 Å². The van der Waals surface area contributed by atoms with Crippen molar-refractivity contribution >= 4 is 0 Å². The first-order chi connectivity index (χ1) is 6.47. The van der Waals surface area contributed by atoms with Gasteiger partial charge in [-0.3, -0.25) is 0 Å². The van der Waals surface area contributed by atoms with Gasteiger partial charge in [-0.15, -0.1) is 0 Å². The molecule has 1 aliphatic heterocycles. The Labute approximate surface area is 80.2 Å².